The number of rotatable bonds is 4. The monoisotopic (exact) mass is 233 g/mol. The van der Waals surface area contributed by atoms with Crippen molar-refractivity contribution in [3.8, 4) is 0 Å². The van der Waals surface area contributed by atoms with E-state index in [9.17, 15) is 4.79 Å². The van der Waals surface area contributed by atoms with Gasteiger partial charge in [-0.3, -0.25) is 0 Å². The maximum atomic E-state index is 10.5. The number of carbonyl (C=O) groups is 1. The zero-order valence-electron chi connectivity index (χ0n) is 9.63. The van der Waals surface area contributed by atoms with Gasteiger partial charge in [-0.2, -0.15) is 0 Å². The molecule has 0 fully saturated rings. The number of hydrogen-bond acceptors (Lipinski definition) is 2. The number of hydrogen-bond donors (Lipinski definition) is 2. The van der Waals surface area contributed by atoms with Crippen LogP contribution in [0.3, 0.4) is 0 Å². The van der Waals surface area contributed by atoms with E-state index < -0.39 is 6.09 Å². The number of imidazole rings is 1. The first-order valence-electron chi connectivity index (χ1n) is 5.56. The van der Waals surface area contributed by atoms with Gasteiger partial charge in [0.05, 0.1) is 17.4 Å². The van der Waals surface area contributed by atoms with Crippen molar-refractivity contribution in [3.63, 3.8) is 0 Å². The largest absolute Gasteiger partial charge is 0.465 e. The van der Waals surface area contributed by atoms with Crippen LogP contribution >= 0.6 is 0 Å². The van der Waals surface area contributed by atoms with Gasteiger partial charge in [-0.05, 0) is 25.5 Å². The second kappa shape index (κ2) is 4.86. The highest BCUT2D eigenvalue weighted by atomic mass is 16.4. The molecule has 5 nitrogen and oxygen atoms in total. The van der Waals surface area contributed by atoms with Crippen LogP contribution in [0.25, 0.3) is 11.0 Å². The Morgan fingerprint density at radius 1 is 1.53 bits per heavy atom. The number of carboxylic acid groups (broad SMARTS) is 1. The summed E-state index contributed by atoms with van der Waals surface area (Å²) in [4.78, 5) is 14.7. The lowest BCUT2D eigenvalue weighted by Crippen LogP contribution is -2.31. The highest BCUT2D eigenvalue weighted by molar-refractivity contribution is 5.74. The van der Waals surface area contributed by atoms with Crippen molar-refractivity contribution in [2.45, 2.75) is 25.9 Å². The Morgan fingerprint density at radius 3 is 3.06 bits per heavy atom. The van der Waals surface area contributed by atoms with Crippen LogP contribution in [0.5, 0.6) is 0 Å². The van der Waals surface area contributed by atoms with E-state index in [1.807, 2.05) is 35.8 Å². The normalized spacial score (nSPS) is 12.5. The lowest BCUT2D eigenvalue weighted by atomic mass is 10.2. The molecule has 2 aromatic rings. The number of nitrogens with one attached hydrogen (secondary N) is 1. The van der Waals surface area contributed by atoms with Crippen LogP contribution < -0.4 is 5.32 Å². The van der Waals surface area contributed by atoms with Crippen molar-refractivity contribution in [2.24, 2.45) is 0 Å². The fourth-order valence-corrected chi connectivity index (χ4v) is 1.80. The number of amides is 1. The van der Waals surface area contributed by atoms with Gasteiger partial charge in [-0.15, -0.1) is 0 Å². The first-order chi connectivity index (χ1) is 8.16. The third kappa shape index (κ3) is 2.75. The molecule has 0 spiro atoms. The molecule has 0 saturated heterocycles. The number of aryl methyl sites for hydroxylation is 1. The minimum atomic E-state index is -0.979. The Labute approximate surface area is 99.1 Å². The minimum Gasteiger partial charge on any atom is -0.465 e. The van der Waals surface area contributed by atoms with Crippen LogP contribution in [0.4, 0.5) is 4.79 Å². The second-order valence-corrected chi connectivity index (χ2v) is 4.07. The van der Waals surface area contributed by atoms with Gasteiger partial charge in [0.15, 0.2) is 0 Å². The predicted octanol–water partition coefficient (Wildman–Crippen LogP) is 2.08. The van der Waals surface area contributed by atoms with E-state index >= 15 is 0 Å². The molecule has 0 bridgehead atoms. The maximum Gasteiger partial charge on any atom is 0.404 e. The van der Waals surface area contributed by atoms with Crippen LogP contribution in [-0.2, 0) is 6.54 Å². The van der Waals surface area contributed by atoms with Crippen LogP contribution in [0, 0.1) is 0 Å². The van der Waals surface area contributed by atoms with Crippen LogP contribution in [-0.4, -0.2) is 26.8 Å². The second-order valence-electron chi connectivity index (χ2n) is 4.07. The first-order valence-corrected chi connectivity index (χ1v) is 5.56. The van der Waals surface area contributed by atoms with Crippen LogP contribution in [0.2, 0.25) is 0 Å². The third-order valence-corrected chi connectivity index (χ3v) is 2.70. The lowest BCUT2D eigenvalue weighted by molar-refractivity contribution is 0.190. The van der Waals surface area contributed by atoms with Crippen molar-refractivity contribution >= 4 is 17.1 Å². The molecule has 1 unspecified atom stereocenters. The first kappa shape index (κ1) is 11.4. The summed E-state index contributed by atoms with van der Waals surface area (Å²) in [6.07, 6.45) is 1.55. The summed E-state index contributed by atoms with van der Waals surface area (Å²) in [7, 11) is 0. The number of fused-ring (bicyclic) bond motifs is 1. The molecule has 1 aromatic heterocycles. The number of nitrogens with zero attached hydrogens (tertiary/aromatic N) is 2. The average molecular weight is 233 g/mol. The predicted molar refractivity (Wildman–Crippen MR) is 65.0 cm³/mol. The smallest absolute Gasteiger partial charge is 0.404 e. The van der Waals surface area contributed by atoms with Gasteiger partial charge in [-0.25, -0.2) is 9.78 Å². The zero-order chi connectivity index (χ0) is 12.3. The zero-order valence-corrected chi connectivity index (χ0v) is 9.63. The van der Waals surface area contributed by atoms with E-state index in [2.05, 4.69) is 10.3 Å². The molecule has 1 heterocycles. The Balaban J connectivity index is 2.02. The summed E-state index contributed by atoms with van der Waals surface area (Å²) in [5.41, 5.74) is 2.04. The number of benzene rings is 1. The molecule has 1 amide bonds. The standard InChI is InChI=1S/C12H15N3O2/c1-9(14-12(16)17)6-7-15-8-13-10-4-2-3-5-11(10)15/h2-5,8-9,14H,6-7H2,1H3,(H,16,17). The third-order valence-electron chi connectivity index (χ3n) is 2.70. The van der Waals surface area contributed by atoms with Gasteiger partial charge < -0.3 is 15.0 Å². The Kier molecular flexibility index (Phi) is 3.27. The molecule has 0 aliphatic carbocycles. The fourth-order valence-electron chi connectivity index (χ4n) is 1.80. The van der Waals surface area contributed by atoms with Crippen molar-refractivity contribution in [2.75, 3.05) is 0 Å². The van der Waals surface area contributed by atoms with Gasteiger partial charge in [0.25, 0.3) is 0 Å². The molecule has 0 radical (unpaired) electrons. The molecule has 0 saturated carbocycles. The van der Waals surface area contributed by atoms with Crippen molar-refractivity contribution in [1.82, 2.24) is 14.9 Å². The van der Waals surface area contributed by atoms with Gasteiger partial charge >= 0.3 is 6.09 Å². The quantitative estimate of drug-likeness (QED) is 0.849. The van der Waals surface area contributed by atoms with Crippen LogP contribution in [0.1, 0.15) is 13.3 Å². The van der Waals surface area contributed by atoms with E-state index in [0.717, 1.165) is 24.0 Å². The molecule has 17 heavy (non-hydrogen) atoms. The summed E-state index contributed by atoms with van der Waals surface area (Å²) in [5.74, 6) is 0. The van der Waals surface area contributed by atoms with Crippen molar-refractivity contribution in [3.05, 3.63) is 30.6 Å². The molecular weight excluding hydrogens is 218 g/mol. The molecule has 2 N–H and O–H groups in total. The summed E-state index contributed by atoms with van der Waals surface area (Å²) < 4.78 is 2.04. The molecule has 0 aliphatic rings. The number of para-hydroxylation sites is 2. The van der Waals surface area contributed by atoms with Gasteiger partial charge in [0, 0.05) is 12.6 Å². The molecule has 90 valence electrons. The lowest BCUT2D eigenvalue weighted by Gasteiger charge is -2.11. The van der Waals surface area contributed by atoms with Gasteiger partial charge in [0.2, 0.25) is 0 Å². The summed E-state index contributed by atoms with van der Waals surface area (Å²) >= 11 is 0. The van der Waals surface area contributed by atoms with E-state index in [-0.39, 0.29) is 6.04 Å². The summed E-state index contributed by atoms with van der Waals surface area (Å²) in [5, 5.41) is 11.0. The molecule has 1 atom stereocenters. The van der Waals surface area contributed by atoms with E-state index in [1.54, 1.807) is 6.33 Å². The Bertz CT molecular complexity index is 521. The minimum absolute atomic E-state index is 0.0614. The topological polar surface area (TPSA) is 67.2 Å². The van der Waals surface area contributed by atoms with Crippen LogP contribution in [0.15, 0.2) is 30.6 Å². The molecule has 1 aromatic carbocycles. The van der Waals surface area contributed by atoms with E-state index in [0.29, 0.717) is 0 Å². The Morgan fingerprint density at radius 2 is 2.29 bits per heavy atom. The highest BCUT2D eigenvalue weighted by Crippen LogP contribution is 2.12. The highest BCUT2D eigenvalue weighted by Gasteiger charge is 2.06. The SMILES string of the molecule is CC(CCn1cnc2ccccc21)NC(=O)O. The van der Waals surface area contributed by atoms with E-state index in [4.69, 9.17) is 5.11 Å². The van der Waals surface area contributed by atoms with Gasteiger partial charge in [0.1, 0.15) is 0 Å². The molecule has 0 aliphatic heterocycles. The van der Waals surface area contributed by atoms with Crippen molar-refractivity contribution in [1.29, 1.82) is 0 Å². The molecule has 2 rings (SSSR count). The van der Waals surface area contributed by atoms with E-state index in [1.165, 1.54) is 0 Å². The Hall–Kier alpha value is -2.04. The van der Waals surface area contributed by atoms with Gasteiger partial charge in [-0.1, -0.05) is 12.1 Å². The summed E-state index contributed by atoms with van der Waals surface area (Å²) in [6.45, 7) is 2.61. The van der Waals surface area contributed by atoms with Crippen molar-refractivity contribution < 1.29 is 9.90 Å². The molecular formula is C12H15N3O2. The average Bonchev–Trinajstić information content (AvgIpc) is 2.69. The fraction of sp³-hybridized carbons (Fsp3) is 0.333. The molecule has 5 heteroatoms. The number of aromatic nitrogens is 2. The maximum absolute atomic E-state index is 10.5. The summed E-state index contributed by atoms with van der Waals surface area (Å²) in [6, 6.07) is 7.84.